The van der Waals surface area contributed by atoms with Crippen molar-refractivity contribution in [1.82, 2.24) is 5.32 Å². The molecule has 0 aliphatic carbocycles. The van der Waals surface area contributed by atoms with Crippen LogP contribution in [-0.2, 0) is 19.1 Å². The molecule has 1 unspecified atom stereocenters. The molecule has 0 fully saturated rings. The fourth-order valence-electron chi connectivity index (χ4n) is 1.81. The molecule has 0 aromatic carbocycles. The van der Waals surface area contributed by atoms with Crippen molar-refractivity contribution in [2.24, 2.45) is 17.4 Å². The van der Waals surface area contributed by atoms with Crippen LogP contribution in [0.1, 0.15) is 53.9 Å². The third-order valence-electron chi connectivity index (χ3n) is 3.25. The van der Waals surface area contributed by atoms with Crippen molar-refractivity contribution in [1.29, 1.82) is 0 Å². The van der Waals surface area contributed by atoms with E-state index in [0.29, 0.717) is 25.5 Å². The summed E-state index contributed by atoms with van der Waals surface area (Å²) in [6.07, 6.45) is 1.99. The Labute approximate surface area is 138 Å². The molecule has 3 atom stereocenters. The zero-order valence-electron chi connectivity index (χ0n) is 14.8. The predicted octanol–water partition coefficient (Wildman–Crippen LogP) is 0.493. The maximum absolute atomic E-state index is 11.9. The van der Waals surface area contributed by atoms with Crippen LogP contribution in [0.25, 0.3) is 0 Å². The summed E-state index contributed by atoms with van der Waals surface area (Å²) in [6, 6.07) is -2.01. The van der Waals surface area contributed by atoms with E-state index in [4.69, 9.17) is 16.2 Å². The van der Waals surface area contributed by atoms with Gasteiger partial charge in [0.15, 0.2) is 0 Å². The monoisotopic (exact) mass is 329 g/mol. The van der Waals surface area contributed by atoms with Gasteiger partial charge in [-0.25, -0.2) is 0 Å². The maximum atomic E-state index is 11.9. The van der Waals surface area contributed by atoms with Crippen LogP contribution in [0.5, 0.6) is 0 Å². The van der Waals surface area contributed by atoms with Gasteiger partial charge in [0.05, 0.1) is 12.1 Å². The predicted molar refractivity (Wildman–Crippen MR) is 88.5 cm³/mol. The van der Waals surface area contributed by atoms with E-state index in [1.807, 2.05) is 13.8 Å². The third kappa shape index (κ3) is 9.30. The van der Waals surface area contributed by atoms with Gasteiger partial charge < -0.3 is 26.3 Å². The van der Waals surface area contributed by atoms with Crippen molar-refractivity contribution in [3.8, 4) is 0 Å². The smallest absolute Gasteiger partial charge is 0.323 e. The molecule has 1 amide bonds. The SMILES string of the molecule is CC(C)[C@@H](C=O)NC(=O)[C@@H](N)CCCC(N)C(=O)OC(C)(C)C. The van der Waals surface area contributed by atoms with Crippen LogP contribution in [0.15, 0.2) is 0 Å². The first-order valence-electron chi connectivity index (χ1n) is 7.97. The Bertz CT molecular complexity index is 405. The number of carbonyl (C=O) groups is 3. The molecule has 23 heavy (non-hydrogen) atoms. The molecule has 0 aromatic rings. The highest BCUT2D eigenvalue weighted by Gasteiger charge is 2.23. The number of aldehydes is 1. The molecule has 0 aromatic heterocycles. The lowest BCUT2D eigenvalue weighted by molar-refractivity contribution is -0.156. The van der Waals surface area contributed by atoms with Gasteiger partial charge in [-0.1, -0.05) is 13.8 Å². The van der Waals surface area contributed by atoms with Crippen molar-refractivity contribution < 1.29 is 19.1 Å². The fourth-order valence-corrected chi connectivity index (χ4v) is 1.81. The van der Waals surface area contributed by atoms with E-state index in [2.05, 4.69) is 5.32 Å². The molecule has 0 spiro atoms. The van der Waals surface area contributed by atoms with E-state index in [1.54, 1.807) is 20.8 Å². The van der Waals surface area contributed by atoms with Gasteiger partial charge in [-0.3, -0.25) is 9.59 Å². The minimum absolute atomic E-state index is 0.00393. The lowest BCUT2D eigenvalue weighted by Gasteiger charge is -2.22. The molecule has 7 heteroatoms. The number of nitrogens with one attached hydrogen (secondary N) is 1. The van der Waals surface area contributed by atoms with Gasteiger partial charge >= 0.3 is 5.97 Å². The summed E-state index contributed by atoms with van der Waals surface area (Å²) >= 11 is 0. The van der Waals surface area contributed by atoms with E-state index in [0.717, 1.165) is 0 Å². The first-order chi connectivity index (χ1) is 10.5. The van der Waals surface area contributed by atoms with Gasteiger partial charge in [0.1, 0.15) is 17.9 Å². The minimum atomic E-state index is -0.734. The van der Waals surface area contributed by atoms with Gasteiger partial charge in [-0.2, -0.15) is 0 Å². The standard InChI is InChI=1S/C16H31N3O4/c1-10(2)13(9-20)19-14(21)11(17)7-6-8-12(18)15(22)23-16(3,4)5/h9-13H,6-8,17-18H2,1-5H3,(H,19,21)/t11-,12?,13+/m0/s1. The van der Waals surface area contributed by atoms with E-state index < -0.39 is 29.7 Å². The Hall–Kier alpha value is -1.47. The Morgan fingerprint density at radius 1 is 1.13 bits per heavy atom. The van der Waals surface area contributed by atoms with Crippen LogP contribution in [-0.4, -0.2) is 41.9 Å². The molecule has 0 saturated heterocycles. The molecule has 134 valence electrons. The first-order valence-corrected chi connectivity index (χ1v) is 7.97. The largest absolute Gasteiger partial charge is 0.459 e. The average molecular weight is 329 g/mol. The number of carbonyl (C=O) groups excluding carboxylic acids is 3. The summed E-state index contributed by atoms with van der Waals surface area (Å²) in [4.78, 5) is 34.5. The van der Waals surface area contributed by atoms with E-state index in [-0.39, 0.29) is 11.8 Å². The number of hydrogen-bond acceptors (Lipinski definition) is 6. The molecule has 0 aliphatic heterocycles. The number of hydrogen-bond donors (Lipinski definition) is 3. The van der Waals surface area contributed by atoms with Crippen molar-refractivity contribution in [3.63, 3.8) is 0 Å². The Kier molecular flexibility index (Phi) is 9.01. The fraction of sp³-hybridized carbons (Fsp3) is 0.812. The summed E-state index contributed by atoms with van der Waals surface area (Å²) in [5.74, 6) is -0.831. The molecule has 5 N–H and O–H groups in total. The second kappa shape index (κ2) is 9.62. The van der Waals surface area contributed by atoms with Crippen molar-refractivity contribution >= 4 is 18.2 Å². The molecule has 0 radical (unpaired) electrons. The highest BCUT2D eigenvalue weighted by atomic mass is 16.6. The lowest BCUT2D eigenvalue weighted by atomic mass is 10.0. The number of amides is 1. The van der Waals surface area contributed by atoms with Crippen LogP contribution in [0.2, 0.25) is 0 Å². The van der Waals surface area contributed by atoms with Crippen molar-refractivity contribution in [3.05, 3.63) is 0 Å². The maximum Gasteiger partial charge on any atom is 0.323 e. The normalized spacial score (nSPS) is 15.7. The molecule has 0 saturated carbocycles. The van der Waals surface area contributed by atoms with Gasteiger partial charge in [0.25, 0.3) is 0 Å². The van der Waals surface area contributed by atoms with Crippen LogP contribution in [0.3, 0.4) is 0 Å². The Morgan fingerprint density at radius 2 is 1.65 bits per heavy atom. The average Bonchev–Trinajstić information content (AvgIpc) is 2.41. The molecule has 0 bridgehead atoms. The van der Waals surface area contributed by atoms with Gasteiger partial charge in [0.2, 0.25) is 5.91 Å². The van der Waals surface area contributed by atoms with Crippen LogP contribution < -0.4 is 16.8 Å². The molecule has 0 heterocycles. The van der Waals surface area contributed by atoms with Gasteiger partial charge in [0, 0.05) is 0 Å². The summed E-state index contributed by atoms with van der Waals surface area (Å²) in [5, 5.41) is 2.60. The third-order valence-corrected chi connectivity index (χ3v) is 3.25. The molecular weight excluding hydrogens is 298 g/mol. The number of ether oxygens (including phenoxy) is 1. The number of rotatable bonds is 9. The van der Waals surface area contributed by atoms with Gasteiger partial charge in [-0.15, -0.1) is 0 Å². The van der Waals surface area contributed by atoms with Crippen LogP contribution in [0.4, 0.5) is 0 Å². The number of esters is 1. The Morgan fingerprint density at radius 3 is 2.09 bits per heavy atom. The summed E-state index contributed by atoms with van der Waals surface area (Å²) in [7, 11) is 0. The van der Waals surface area contributed by atoms with Crippen LogP contribution in [0, 0.1) is 5.92 Å². The molecular formula is C16H31N3O4. The van der Waals surface area contributed by atoms with Gasteiger partial charge in [-0.05, 0) is 46.0 Å². The summed E-state index contributed by atoms with van der Waals surface area (Å²) in [5.41, 5.74) is 11.0. The topological polar surface area (TPSA) is 125 Å². The van der Waals surface area contributed by atoms with Crippen molar-refractivity contribution in [2.45, 2.75) is 77.6 Å². The highest BCUT2D eigenvalue weighted by molar-refractivity contribution is 5.84. The quantitative estimate of drug-likeness (QED) is 0.418. The first kappa shape index (κ1) is 21.5. The zero-order chi connectivity index (χ0) is 18.2. The molecule has 7 nitrogen and oxygen atoms in total. The van der Waals surface area contributed by atoms with Crippen LogP contribution >= 0.6 is 0 Å². The van der Waals surface area contributed by atoms with E-state index in [9.17, 15) is 14.4 Å². The van der Waals surface area contributed by atoms with E-state index >= 15 is 0 Å². The van der Waals surface area contributed by atoms with Crippen molar-refractivity contribution in [2.75, 3.05) is 0 Å². The second-order valence-electron chi connectivity index (χ2n) is 7.09. The zero-order valence-corrected chi connectivity index (χ0v) is 14.8. The Balaban J connectivity index is 4.19. The van der Waals surface area contributed by atoms with E-state index in [1.165, 1.54) is 0 Å². The summed E-state index contributed by atoms with van der Waals surface area (Å²) < 4.78 is 5.18. The highest BCUT2D eigenvalue weighted by Crippen LogP contribution is 2.11. The lowest BCUT2D eigenvalue weighted by Crippen LogP contribution is -2.48. The number of nitrogens with two attached hydrogens (primary N) is 2. The second-order valence-corrected chi connectivity index (χ2v) is 7.09. The summed E-state index contributed by atoms with van der Waals surface area (Å²) in [6.45, 7) is 9.00. The molecule has 0 rings (SSSR count). The minimum Gasteiger partial charge on any atom is -0.459 e. The molecule has 0 aliphatic rings.